The van der Waals surface area contributed by atoms with Gasteiger partial charge in [-0.1, -0.05) is 24.3 Å². The lowest BCUT2D eigenvalue weighted by Gasteiger charge is -2.07. The zero-order valence-corrected chi connectivity index (χ0v) is 10.6. The molecule has 0 atom stereocenters. The molecule has 2 aromatic carbocycles. The monoisotopic (exact) mass is 240 g/mol. The molecular formula is C15H16N2O. The average Bonchev–Trinajstić information content (AvgIpc) is 2.34. The van der Waals surface area contributed by atoms with Crippen molar-refractivity contribution in [2.45, 2.75) is 20.3 Å². The van der Waals surface area contributed by atoms with Crippen molar-refractivity contribution in [1.82, 2.24) is 0 Å². The zero-order valence-electron chi connectivity index (χ0n) is 10.6. The van der Waals surface area contributed by atoms with E-state index in [9.17, 15) is 4.91 Å². The molecule has 2 rings (SSSR count). The second-order valence-electron chi connectivity index (χ2n) is 4.58. The lowest BCUT2D eigenvalue weighted by molar-refractivity contribution is 1.17. The van der Waals surface area contributed by atoms with E-state index < -0.39 is 0 Å². The van der Waals surface area contributed by atoms with Crippen molar-refractivity contribution >= 4 is 11.4 Å². The van der Waals surface area contributed by atoms with Gasteiger partial charge in [0.15, 0.2) is 0 Å². The molecule has 18 heavy (non-hydrogen) atoms. The Hall–Kier alpha value is -2.16. The van der Waals surface area contributed by atoms with Gasteiger partial charge in [-0.15, -0.1) is 4.91 Å². The molecule has 0 fully saturated rings. The highest BCUT2D eigenvalue weighted by molar-refractivity contribution is 5.50. The summed E-state index contributed by atoms with van der Waals surface area (Å²) in [7, 11) is 0. The highest BCUT2D eigenvalue weighted by atomic mass is 16.3. The van der Waals surface area contributed by atoms with Gasteiger partial charge in [0.2, 0.25) is 0 Å². The van der Waals surface area contributed by atoms with Crippen LogP contribution in [0, 0.1) is 18.8 Å². The summed E-state index contributed by atoms with van der Waals surface area (Å²) < 4.78 is 0. The van der Waals surface area contributed by atoms with Crippen molar-refractivity contribution in [2.75, 3.05) is 5.73 Å². The van der Waals surface area contributed by atoms with Gasteiger partial charge in [0.25, 0.3) is 0 Å². The van der Waals surface area contributed by atoms with Crippen LogP contribution < -0.4 is 5.73 Å². The molecule has 2 aromatic rings. The lowest BCUT2D eigenvalue weighted by atomic mass is 10.0. The van der Waals surface area contributed by atoms with Crippen LogP contribution >= 0.6 is 0 Å². The number of nitrogens with two attached hydrogens (primary N) is 1. The molecule has 0 radical (unpaired) electrons. The van der Waals surface area contributed by atoms with Crippen LogP contribution in [0.25, 0.3) is 0 Å². The number of aryl methyl sites for hydroxylation is 2. The first-order chi connectivity index (χ1) is 8.60. The Balaban J connectivity index is 2.25. The Labute approximate surface area is 107 Å². The van der Waals surface area contributed by atoms with Crippen LogP contribution in [0.15, 0.2) is 41.6 Å². The fourth-order valence-electron chi connectivity index (χ4n) is 2.01. The maximum atomic E-state index is 10.5. The smallest absolute Gasteiger partial charge is 0.110 e. The second-order valence-corrected chi connectivity index (χ2v) is 4.58. The summed E-state index contributed by atoms with van der Waals surface area (Å²) in [6, 6.07) is 11.8. The summed E-state index contributed by atoms with van der Waals surface area (Å²) >= 11 is 0. The predicted molar refractivity (Wildman–Crippen MR) is 75.0 cm³/mol. The van der Waals surface area contributed by atoms with Gasteiger partial charge in [-0.2, -0.15) is 0 Å². The molecule has 0 spiro atoms. The number of nitrogens with zero attached hydrogens (tertiary/aromatic N) is 1. The summed E-state index contributed by atoms with van der Waals surface area (Å²) in [6.07, 6.45) is 0.834. The SMILES string of the molecule is Cc1cc(Cc2ccc(N=O)c(C)c2)ccc1N. The molecule has 0 aromatic heterocycles. The Bertz CT molecular complexity index is 591. The summed E-state index contributed by atoms with van der Waals surface area (Å²) in [5, 5.41) is 2.98. The Morgan fingerprint density at radius 3 is 2.17 bits per heavy atom. The molecule has 2 N–H and O–H groups in total. The van der Waals surface area contributed by atoms with Crippen LogP contribution in [-0.4, -0.2) is 0 Å². The van der Waals surface area contributed by atoms with Crippen molar-refractivity contribution in [1.29, 1.82) is 0 Å². The minimum atomic E-state index is 0.507. The highest BCUT2D eigenvalue weighted by Gasteiger charge is 2.02. The van der Waals surface area contributed by atoms with E-state index in [2.05, 4.69) is 11.2 Å². The summed E-state index contributed by atoms with van der Waals surface area (Å²) in [4.78, 5) is 10.5. The van der Waals surface area contributed by atoms with Gasteiger partial charge in [0.05, 0.1) is 0 Å². The van der Waals surface area contributed by atoms with E-state index in [1.165, 1.54) is 11.1 Å². The van der Waals surface area contributed by atoms with Crippen molar-refractivity contribution in [3.05, 3.63) is 63.6 Å². The maximum absolute atomic E-state index is 10.5. The van der Waals surface area contributed by atoms with E-state index in [0.29, 0.717) is 5.69 Å². The van der Waals surface area contributed by atoms with Crippen LogP contribution in [-0.2, 0) is 6.42 Å². The fraction of sp³-hybridized carbons (Fsp3) is 0.200. The average molecular weight is 240 g/mol. The number of hydrogen-bond acceptors (Lipinski definition) is 3. The lowest BCUT2D eigenvalue weighted by Crippen LogP contribution is -1.93. The molecule has 0 amide bonds. The standard InChI is InChI=1S/C15H16N2O/c1-10-7-12(3-5-14(10)16)9-13-4-6-15(17-18)11(2)8-13/h3-8H,9,16H2,1-2H3. The molecule has 92 valence electrons. The minimum absolute atomic E-state index is 0.507. The quantitative estimate of drug-likeness (QED) is 0.654. The molecule has 0 saturated carbocycles. The van der Waals surface area contributed by atoms with E-state index in [-0.39, 0.29) is 0 Å². The van der Waals surface area contributed by atoms with Gasteiger partial charge < -0.3 is 5.73 Å². The summed E-state index contributed by atoms with van der Waals surface area (Å²) in [6.45, 7) is 3.90. The highest BCUT2D eigenvalue weighted by Crippen LogP contribution is 2.22. The third kappa shape index (κ3) is 2.56. The molecule has 0 heterocycles. The molecule has 3 heteroatoms. The zero-order chi connectivity index (χ0) is 13.1. The van der Waals surface area contributed by atoms with Gasteiger partial charge in [0, 0.05) is 5.69 Å². The summed E-state index contributed by atoms with van der Waals surface area (Å²) in [5.74, 6) is 0. The molecular weight excluding hydrogens is 224 g/mol. The Morgan fingerprint density at radius 2 is 1.61 bits per heavy atom. The van der Waals surface area contributed by atoms with Crippen LogP contribution in [0.4, 0.5) is 11.4 Å². The van der Waals surface area contributed by atoms with Gasteiger partial charge in [-0.25, -0.2) is 0 Å². The van der Waals surface area contributed by atoms with E-state index in [0.717, 1.165) is 23.2 Å². The normalized spacial score (nSPS) is 10.3. The first-order valence-corrected chi connectivity index (χ1v) is 5.88. The van der Waals surface area contributed by atoms with Gasteiger partial charge in [-0.05, 0) is 59.8 Å². The van der Waals surface area contributed by atoms with Crippen molar-refractivity contribution < 1.29 is 0 Å². The molecule has 0 bridgehead atoms. The van der Waals surface area contributed by atoms with E-state index in [4.69, 9.17) is 5.73 Å². The van der Waals surface area contributed by atoms with Crippen molar-refractivity contribution in [3.63, 3.8) is 0 Å². The molecule has 0 aliphatic rings. The number of anilines is 1. The van der Waals surface area contributed by atoms with Crippen LogP contribution in [0.3, 0.4) is 0 Å². The minimum Gasteiger partial charge on any atom is -0.399 e. The van der Waals surface area contributed by atoms with E-state index >= 15 is 0 Å². The van der Waals surface area contributed by atoms with Crippen molar-refractivity contribution in [2.24, 2.45) is 5.18 Å². The van der Waals surface area contributed by atoms with E-state index in [1.54, 1.807) is 6.07 Å². The van der Waals surface area contributed by atoms with Gasteiger partial charge in [0.1, 0.15) is 5.69 Å². The molecule has 0 aliphatic carbocycles. The third-order valence-corrected chi connectivity index (χ3v) is 3.10. The van der Waals surface area contributed by atoms with Crippen molar-refractivity contribution in [3.8, 4) is 0 Å². The number of nitroso groups, excluding NO2 is 1. The van der Waals surface area contributed by atoms with E-state index in [1.807, 2.05) is 38.1 Å². The summed E-state index contributed by atoms with van der Waals surface area (Å²) in [5.41, 5.74) is 11.5. The second kappa shape index (κ2) is 5.00. The first-order valence-electron chi connectivity index (χ1n) is 5.88. The number of rotatable bonds is 3. The first kappa shape index (κ1) is 12.3. The van der Waals surface area contributed by atoms with Gasteiger partial charge in [-0.3, -0.25) is 0 Å². The predicted octanol–water partition coefficient (Wildman–Crippen LogP) is 3.87. The number of hydrogen-bond donors (Lipinski definition) is 1. The molecule has 0 unspecified atom stereocenters. The third-order valence-electron chi connectivity index (χ3n) is 3.10. The number of benzene rings is 2. The molecule has 3 nitrogen and oxygen atoms in total. The number of nitrogen functional groups attached to an aromatic ring is 1. The van der Waals surface area contributed by atoms with Crippen LogP contribution in [0.1, 0.15) is 22.3 Å². The Kier molecular flexibility index (Phi) is 3.42. The molecule has 0 saturated heterocycles. The van der Waals surface area contributed by atoms with Gasteiger partial charge >= 0.3 is 0 Å². The molecule has 0 aliphatic heterocycles. The topological polar surface area (TPSA) is 55.5 Å². The van der Waals surface area contributed by atoms with Crippen LogP contribution in [0.2, 0.25) is 0 Å². The fourth-order valence-corrected chi connectivity index (χ4v) is 2.01. The van der Waals surface area contributed by atoms with Crippen LogP contribution in [0.5, 0.6) is 0 Å². The maximum Gasteiger partial charge on any atom is 0.110 e. The Morgan fingerprint density at radius 1 is 1.00 bits per heavy atom. The largest absolute Gasteiger partial charge is 0.399 e.